The Morgan fingerprint density at radius 1 is 1.30 bits per heavy atom. The first-order valence-electron chi connectivity index (χ1n) is 9.10. The normalized spacial score (nSPS) is 28.0. The van der Waals surface area contributed by atoms with E-state index in [4.69, 9.17) is 0 Å². The Morgan fingerprint density at radius 3 is 2.70 bits per heavy atom. The van der Waals surface area contributed by atoms with E-state index in [1.54, 1.807) is 0 Å². The number of nitrogens with one attached hydrogen (secondary N) is 1. The number of aromatic nitrogens is 5. The standard InChI is InChI=1S/C16H22N6O4S/c1-2-5-27-16-18-13(17-7-3-4-7)10-14(19-16)22(21-20-10)9-6-8(15(25)26)11(23)12(9)24/h7-9,11-12,23-24H,2-6H2,1H3,(H,25,26)(H,17,18,19)/t8-,9?,11?,12?/m0/s1. The minimum absolute atomic E-state index is 0.0585. The maximum absolute atomic E-state index is 11.3. The fraction of sp³-hybridized carbons (Fsp3) is 0.688. The Balaban J connectivity index is 1.73. The number of aliphatic hydroxyl groups is 2. The van der Waals surface area contributed by atoms with E-state index in [9.17, 15) is 20.1 Å². The highest BCUT2D eigenvalue weighted by Crippen LogP contribution is 2.37. The molecule has 0 spiro atoms. The Hall–Kier alpha value is -1.98. The van der Waals surface area contributed by atoms with Crippen LogP contribution in [-0.2, 0) is 4.79 Å². The van der Waals surface area contributed by atoms with Gasteiger partial charge >= 0.3 is 5.97 Å². The van der Waals surface area contributed by atoms with Crippen molar-refractivity contribution in [2.24, 2.45) is 5.92 Å². The van der Waals surface area contributed by atoms with Crippen LogP contribution in [0.15, 0.2) is 5.16 Å². The minimum atomic E-state index is -1.36. The highest BCUT2D eigenvalue weighted by molar-refractivity contribution is 7.99. The molecule has 146 valence electrons. The van der Waals surface area contributed by atoms with Crippen molar-refractivity contribution < 1.29 is 20.1 Å². The second-order valence-electron chi connectivity index (χ2n) is 7.06. The average Bonchev–Trinajstić information content (AvgIpc) is 3.28. The molecule has 4 atom stereocenters. The van der Waals surface area contributed by atoms with Gasteiger partial charge in [-0.05, 0) is 25.7 Å². The molecule has 0 amide bonds. The second kappa shape index (κ2) is 7.21. The molecular formula is C16H22N6O4S. The number of anilines is 1. The van der Waals surface area contributed by atoms with Gasteiger partial charge in [0.25, 0.3) is 0 Å². The topological polar surface area (TPSA) is 146 Å². The van der Waals surface area contributed by atoms with Crippen LogP contribution in [0.3, 0.4) is 0 Å². The van der Waals surface area contributed by atoms with Crippen molar-refractivity contribution >= 4 is 34.7 Å². The zero-order chi connectivity index (χ0) is 19.1. The summed E-state index contributed by atoms with van der Waals surface area (Å²) in [6, 6.07) is -0.341. The second-order valence-corrected chi connectivity index (χ2v) is 8.12. The van der Waals surface area contributed by atoms with Crippen LogP contribution in [0, 0.1) is 5.92 Å². The van der Waals surface area contributed by atoms with Crippen molar-refractivity contribution in [2.45, 2.75) is 62.1 Å². The number of carboxylic acids is 1. The number of hydrogen-bond donors (Lipinski definition) is 4. The van der Waals surface area contributed by atoms with Crippen molar-refractivity contribution in [3.63, 3.8) is 0 Å². The molecule has 2 aliphatic carbocycles. The number of hydrogen-bond acceptors (Lipinski definition) is 9. The lowest BCUT2D eigenvalue weighted by Gasteiger charge is -2.16. The Kier molecular flexibility index (Phi) is 4.91. The first kappa shape index (κ1) is 18.4. The maximum Gasteiger partial charge on any atom is 0.309 e. The average molecular weight is 394 g/mol. The van der Waals surface area contributed by atoms with Crippen molar-refractivity contribution in [3.05, 3.63) is 0 Å². The smallest absolute Gasteiger partial charge is 0.309 e. The van der Waals surface area contributed by atoms with E-state index in [-0.39, 0.29) is 6.42 Å². The molecule has 2 aromatic rings. The van der Waals surface area contributed by atoms with Gasteiger partial charge in [0, 0.05) is 11.8 Å². The van der Waals surface area contributed by atoms with Gasteiger partial charge in [0.1, 0.15) is 6.10 Å². The van der Waals surface area contributed by atoms with Crippen LogP contribution in [0.5, 0.6) is 0 Å². The number of thioether (sulfide) groups is 1. The molecule has 0 aliphatic heterocycles. The quantitative estimate of drug-likeness (QED) is 0.390. The van der Waals surface area contributed by atoms with E-state index in [1.165, 1.54) is 16.4 Å². The van der Waals surface area contributed by atoms with Gasteiger partial charge in [-0.25, -0.2) is 14.6 Å². The maximum atomic E-state index is 11.3. The number of aliphatic carboxylic acids is 1. The predicted octanol–water partition coefficient (Wildman–Crippen LogP) is 0.665. The lowest BCUT2D eigenvalue weighted by molar-refractivity contribution is -0.145. The van der Waals surface area contributed by atoms with Crippen LogP contribution in [0.1, 0.15) is 38.6 Å². The molecule has 4 N–H and O–H groups in total. The number of fused-ring (bicyclic) bond motifs is 1. The number of aliphatic hydroxyl groups excluding tert-OH is 2. The fourth-order valence-corrected chi connectivity index (χ4v) is 4.00. The summed E-state index contributed by atoms with van der Waals surface area (Å²) >= 11 is 1.52. The number of carbonyl (C=O) groups is 1. The molecular weight excluding hydrogens is 372 g/mol. The third kappa shape index (κ3) is 3.46. The third-order valence-corrected chi connectivity index (χ3v) is 5.99. The zero-order valence-electron chi connectivity index (χ0n) is 14.8. The summed E-state index contributed by atoms with van der Waals surface area (Å²) in [4.78, 5) is 20.4. The summed E-state index contributed by atoms with van der Waals surface area (Å²) in [6.07, 6.45) is 0.575. The lowest BCUT2D eigenvalue weighted by atomic mass is 10.1. The highest BCUT2D eigenvalue weighted by atomic mass is 32.2. The zero-order valence-corrected chi connectivity index (χ0v) is 15.6. The molecule has 4 rings (SSSR count). The minimum Gasteiger partial charge on any atom is -0.481 e. The monoisotopic (exact) mass is 394 g/mol. The largest absolute Gasteiger partial charge is 0.481 e. The molecule has 2 heterocycles. The van der Waals surface area contributed by atoms with Crippen molar-refractivity contribution in [2.75, 3.05) is 11.1 Å². The molecule has 3 unspecified atom stereocenters. The fourth-order valence-electron chi connectivity index (χ4n) is 3.31. The Labute approximate surface area is 159 Å². The molecule has 10 nitrogen and oxygen atoms in total. The van der Waals surface area contributed by atoms with Crippen LogP contribution < -0.4 is 5.32 Å². The molecule has 11 heteroatoms. The molecule has 2 aromatic heterocycles. The van der Waals surface area contributed by atoms with Crippen molar-refractivity contribution in [3.8, 4) is 0 Å². The Morgan fingerprint density at radius 2 is 2.07 bits per heavy atom. The molecule has 0 aromatic carbocycles. The van der Waals surface area contributed by atoms with E-state index in [2.05, 4.69) is 32.5 Å². The molecule has 0 bridgehead atoms. The summed E-state index contributed by atoms with van der Waals surface area (Å²) in [5.74, 6) is -0.723. The third-order valence-electron chi connectivity index (χ3n) is 4.94. The van der Waals surface area contributed by atoms with Gasteiger partial charge in [-0.15, -0.1) is 5.10 Å². The summed E-state index contributed by atoms with van der Waals surface area (Å²) < 4.78 is 1.43. The van der Waals surface area contributed by atoms with Gasteiger partial charge < -0.3 is 20.6 Å². The number of rotatable bonds is 7. The van der Waals surface area contributed by atoms with E-state index >= 15 is 0 Å². The molecule has 2 aliphatic rings. The van der Waals surface area contributed by atoms with Gasteiger partial charge in [-0.2, -0.15) is 0 Å². The van der Waals surface area contributed by atoms with E-state index < -0.39 is 30.1 Å². The van der Waals surface area contributed by atoms with Gasteiger partial charge in [0.2, 0.25) is 0 Å². The number of carboxylic acid groups (broad SMARTS) is 1. The van der Waals surface area contributed by atoms with E-state index in [0.717, 1.165) is 25.0 Å². The SMILES string of the molecule is CCCSc1nc(NC2CC2)c2nnn(C3C[C@H](C(=O)O)C(O)C3O)c2n1. The first-order valence-corrected chi connectivity index (χ1v) is 10.1. The van der Waals surface area contributed by atoms with Crippen LogP contribution in [0.25, 0.3) is 11.2 Å². The van der Waals surface area contributed by atoms with Crippen molar-refractivity contribution in [1.82, 2.24) is 25.0 Å². The lowest BCUT2D eigenvalue weighted by Crippen LogP contribution is -2.32. The molecule has 0 saturated heterocycles. The van der Waals surface area contributed by atoms with Crippen LogP contribution in [-0.4, -0.2) is 70.3 Å². The van der Waals surface area contributed by atoms with Crippen molar-refractivity contribution in [1.29, 1.82) is 0 Å². The van der Waals surface area contributed by atoms with E-state index in [0.29, 0.717) is 28.2 Å². The summed E-state index contributed by atoms with van der Waals surface area (Å²) in [5.41, 5.74) is 0.928. The van der Waals surface area contributed by atoms with Crippen LogP contribution >= 0.6 is 11.8 Å². The van der Waals surface area contributed by atoms with Crippen LogP contribution in [0.2, 0.25) is 0 Å². The van der Waals surface area contributed by atoms with E-state index in [1.807, 2.05) is 0 Å². The van der Waals surface area contributed by atoms with Gasteiger partial charge in [0.15, 0.2) is 22.1 Å². The van der Waals surface area contributed by atoms with Gasteiger partial charge in [-0.3, -0.25) is 4.79 Å². The summed E-state index contributed by atoms with van der Waals surface area (Å²) in [6.45, 7) is 2.07. The first-order chi connectivity index (χ1) is 13.0. The molecule has 2 fully saturated rings. The highest BCUT2D eigenvalue weighted by Gasteiger charge is 2.47. The summed E-state index contributed by atoms with van der Waals surface area (Å²) in [5, 5.41) is 41.9. The molecule has 27 heavy (non-hydrogen) atoms. The number of nitrogens with zero attached hydrogens (tertiary/aromatic N) is 5. The van der Waals surface area contributed by atoms with Gasteiger partial charge in [0.05, 0.1) is 18.1 Å². The predicted molar refractivity (Wildman–Crippen MR) is 97.6 cm³/mol. The van der Waals surface area contributed by atoms with Gasteiger partial charge in [-0.1, -0.05) is 23.9 Å². The molecule has 0 radical (unpaired) electrons. The summed E-state index contributed by atoms with van der Waals surface area (Å²) in [7, 11) is 0. The van der Waals surface area contributed by atoms with Crippen LogP contribution in [0.4, 0.5) is 5.82 Å². The molecule has 2 saturated carbocycles. The Bertz CT molecular complexity index is 857.